The lowest BCUT2D eigenvalue weighted by Gasteiger charge is -2.42. The predicted molar refractivity (Wildman–Crippen MR) is 86.6 cm³/mol. The van der Waals surface area contributed by atoms with Crippen molar-refractivity contribution in [3.05, 3.63) is 24.0 Å². The van der Waals surface area contributed by atoms with E-state index in [1.165, 1.54) is 13.2 Å². The molecule has 3 rings (SSSR count). The highest BCUT2D eigenvalue weighted by molar-refractivity contribution is 5.66. The van der Waals surface area contributed by atoms with Crippen molar-refractivity contribution >= 4 is 5.97 Å². The molecule has 152 valence electrons. The van der Waals surface area contributed by atoms with E-state index in [0.29, 0.717) is 5.57 Å². The van der Waals surface area contributed by atoms with E-state index in [0.717, 1.165) is 0 Å². The fourth-order valence-electron chi connectivity index (χ4n) is 3.55. The number of rotatable bonds is 5. The van der Waals surface area contributed by atoms with Gasteiger partial charge in [-0.1, -0.05) is 6.08 Å². The third-order valence-electron chi connectivity index (χ3n) is 4.99. The van der Waals surface area contributed by atoms with Crippen molar-refractivity contribution in [2.45, 2.75) is 50.0 Å². The second kappa shape index (κ2) is 8.23. The molecule has 5 N–H and O–H groups in total. The first-order valence-electron chi connectivity index (χ1n) is 8.63. The summed E-state index contributed by atoms with van der Waals surface area (Å²) in [4.78, 5) is 11.1. The maximum atomic E-state index is 11.1. The monoisotopic (exact) mass is 388 g/mol. The third-order valence-corrected chi connectivity index (χ3v) is 4.99. The van der Waals surface area contributed by atoms with Gasteiger partial charge in [0.25, 0.3) is 0 Å². The first kappa shape index (κ1) is 20.2. The topological polar surface area (TPSA) is 155 Å². The second-order valence-corrected chi connectivity index (χ2v) is 6.78. The summed E-state index contributed by atoms with van der Waals surface area (Å²) in [5.41, 5.74) is 0.585. The smallest absolute Gasteiger partial charge is 0.302 e. The summed E-state index contributed by atoms with van der Waals surface area (Å²) in [6.07, 6.45) is -4.45. The van der Waals surface area contributed by atoms with Crippen LogP contribution in [-0.2, 0) is 23.7 Å². The molecule has 0 aromatic carbocycles. The maximum Gasteiger partial charge on any atom is 0.302 e. The van der Waals surface area contributed by atoms with E-state index >= 15 is 0 Å². The van der Waals surface area contributed by atoms with E-state index in [4.69, 9.17) is 18.9 Å². The fraction of sp³-hybridized carbons (Fsp3) is 0.706. The van der Waals surface area contributed by atoms with E-state index in [1.807, 2.05) is 0 Å². The quantitative estimate of drug-likeness (QED) is 0.258. The van der Waals surface area contributed by atoms with Gasteiger partial charge in [-0.3, -0.25) is 4.79 Å². The van der Waals surface area contributed by atoms with Crippen LogP contribution in [0.3, 0.4) is 0 Å². The lowest BCUT2D eigenvalue weighted by molar-refractivity contribution is -0.339. The molecule has 2 aliphatic heterocycles. The third kappa shape index (κ3) is 4.02. The molecule has 0 aromatic heterocycles. The van der Waals surface area contributed by atoms with Crippen LogP contribution in [0, 0.1) is 11.8 Å². The molecule has 1 fully saturated rings. The fourth-order valence-corrected chi connectivity index (χ4v) is 3.55. The van der Waals surface area contributed by atoms with Crippen molar-refractivity contribution < 1.29 is 49.3 Å². The molecule has 0 amide bonds. The number of carbonyl (C=O) groups is 1. The van der Waals surface area contributed by atoms with Gasteiger partial charge in [0, 0.05) is 12.8 Å². The molecule has 0 spiro atoms. The average molecular weight is 388 g/mol. The number of hydrogen-bond donors (Lipinski definition) is 5. The molecule has 10 heteroatoms. The highest BCUT2D eigenvalue weighted by atomic mass is 16.8. The van der Waals surface area contributed by atoms with Crippen LogP contribution in [0.2, 0.25) is 0 Å². The highest BCUT2D eigenvalue weighted by Crippen LogP contribution is 2.41. The Balaban J connectivity index is 1.74. The lowest BCUT2D eigenvalue weighted by Crippen LogP contribution is -2.60. The zero-order valence-electron chi connectivity index (χ0n) is 14.6. The van der Waals surface area contributed by atoms with E-state index in [9.17, 15) is 30.3 Å². The van der Waals surface area contributed by atoms with Crippen LogP contribution in [-0.4, -0.2) is 87.8 Å². The van der Waals surface area contributed by atoms with Crippen molar-refractivity contribution in [1.29, 1.82) is 0 Å². The Labute approximate surface area is 155 Å². The van der Waals surface area contributed by atoms with Gasteiger partial charge in [-0.15, -0.1) is 0 Å². The molecule has 27 heavy (non-hydrogen) atoms. The number of esters is 1. The molecular formula is C17H24O10. The van der Waals surface area contributed by atoms with Gasteiger partial charge < -0.3 is 44.5 Å². The van der Waals surface area contributed by atoms with Crippen molar-refractivity contribution in [3.8, 4) is 0 Å². The SMILES string of the molecule is CC(=O)OCC1=C[C@@H](O)[C@@H]2C=CO[C@@H](O[C@@H]3O[C@H](CO)[C@@H](O)[C@H](O)[C@H]3O)[C@H]12. The van der Waals surface area contributed by atoms with Crippen LogP contribution in [0.25, 0.3) is 0 Å². The zero-order chi connectivity index (χ0) is 19.7. The zero-order valence-corrected chi connectivity index (χ0v) is 14.6. The van der Waals surface area contributed by atoms with Crippen LogP contribution in [0.4, 0.5) is 0 Å². The molecule has 0 aromatic rings. The molecule has 0 unspecified atom stereocenters. The number of hydrogen-bond acceptors (Lipinski definition) is 10. The summed E-state index contributed by atoms with van der Waals surface area (Å²) in [5.74, 6) is -1.39. The van der Waals surface area contributed by atoms with Gasteiger partial charge in [-0.05, 0) is 11.6 Å². The standard InChI is InChI=1S/C17H24O10/c1-7(19)25-6-8-4-10(20)9-2-3-24-16(12(8)9)27-17-15(23)14(22)13(21)11(5-18)26-17/h2-4,9-18,20-23H,5-6H2,1H3/t9-,10+,11+,12+,13+,14-,15+,16-,17-/m0/s1. The van der Waals surface area contributed by atoms with Crippen LogP contribution in [0.5, 0.6) is 0 Å². The molecule has 0 bridgehead atoms. The number of fused-ring (bicyclic) bond motifs is 1. The van der Waals surface area contributed by atoms with Crippen LogP contribution in [0.1, 0.15) is 6.92 Å². The lowest BCUT2D eigenvalue weighted by atomic mass is 9.88. The predicted octanol–water partition coefficient (Wildman–Crippen LogP) is -2.23. The first-order valence-corrected chi connectivity index (χ1v) is 8.63. The summed E-state index contributed by atoms with van der Waals surface area (Å²) < 4.78 is 21.5. The summed E-state index contributed by atoms with van der Waals surface area (Å²) in [6, 6.07) is 0. The van der Waals surface area contributed by atoms with E-state index in [2.05, 4.69) is 0 Å². The van der Waals surface area contributed by atoms with Gasteiger partial charge >= 0.3 is 5.97 Å². The average Bonchev–Trinajstić information content (AvgIpc) is 2.97. The van der Waals surface area contributed by atoms with Crippen LogP contribution >= 0.6 is 0 Å². The summed E-state index contributed by atoms with van der Waals surface area (Å²) in [5, 5.41) is 49.4. The number of carbonyl (C=O) groups excluding carboxylic acids is 1. The molecule has 9 atom stereocenters. The molecule has 2 heterocycles. The van der Waals surface area contributed by atoms with Gasteiger partial charge in [0.2, 0.25) is 6.29 Å². The molecule has 3 aliphatic rings. The van der Waals surface area contributed by atoms with Crippen LogP contribution < -0.4 is 0 Å². The summed E-state index contributed by atoms with van der Waals surface area (Å²) in [7, 11) is 0. The Morgan fingerprint density at radius 3 is 2.56 bits per heavy atom. The van der Waals surface area contributed by atoms with Crippen molar-refractivity contribution in [2.75, 3.05) is 13.2 Å². The minimum atomic E-state index is -1.58. The minimum Gasteiger partial charge on any atom is -0.472 e. The summed E-state index contributed by atoms with van der Waals surface area (Å²) in [6.45, 7) is 0.626. The molecular weight excluding hydrogens is 364 g/mol. The Morgan fingerprint density at radius 1 is 1.15 bits per heavy atom. The second-order valence-electron chi connectivity index (χ2n) is 6.78. The Kier molecular flexibility index (Phi) is 6.16. The first-order chi connectivity index (χ1) is 12.8. The molecule has 1 saturated heterocycles. The summed E-state index contributed by atoms with van der Waals surface area (Å²) >= 11 is 0. The van der Waals surface area contributed by atoms with Crippen molar-refractivity contribution in [2.24, 2.45) is 11.8 Å². The number of ether oxygens (including phenoxy) is 4. The maximum absolute atomic E-state index is 11.1. The normalized spacial score (nSPS) is 43.6. The molecule has 1 aliphatic carbocycles. The Morgan fingerprint density at radius 2 is 1.89 bits per heavy atom. The van der Waals surface area contributed by atoms with Gasteiger partial charge in [-0.2, -0.15) is 0 Å². The van der Waals surface area contributed by atoms with Gasteiger partial charge in [0.05, 0.1) is 24.9 Å². The van der Waals surface area contributed by atoms with Gasteiger partial charge in [0.15, 0.2) is 6.29 Å². The molecule has 0 saturated carbocycles. The van der Waals surface area contributed by atoms with E-state index in [-0.39, 0.29) is 12.5 Å². The number of aliphatic hydroxyl groups excluding tert-OH is 5. The highest BCUT2D eigenvalue weighted by Gasteiger charge is 2.49. The van der Waals surface area contributed by atoms with Crippen molar-refractivity contribution in [3.63, 3.8) is 0 Å². The van der Waals surface area contributed by atoms with E-state index in [1.54, 1.807) is 12.2 Å². The largest absolute Gasteiger partial charge is 0.472 e. The van der Waals surface area contributed by atoms with Gasteiger partial charge in [0.1, 0.15) is 31.0 Å². The van der Waals surface area contributed by atoms with Gasteiger partial charge in [-0.25, -0.2) is 0 Å². The van der Waals surface area contributed by atoms with E-state index < -0.39 is 61.6 Å². The van der Waals surface area contributed by atoms with Crippen LogP contribution in [0.15, 0.2) is 24.0 Å². The Bertz CT molecular complexity index is 603. The minimum absolute atomic E-state index is 0.0562. The molecule has 10 nitrogen and oxygen atoms in total. The Hall–Kier alpha value is -1.53. The molecule has 0 radical (unpaired) electrons. The number of aliphatic hydroxyl groups is 5. The van der Waals surface area contributed by atoms with Crippen molar-refractivity contribution in [1.82, 2.24) is 0 Å².